The quantitative estimate of drug-likeness (QED) is 0.422. The molecule has 1 aromatic rings. The Balaban J connectivity index is 1.57. The van der Waals surface area contributed by atoms with Crippen LogP contribution in [0.4, 0.5) is 0 Å². The molecule has 0 N–H and O–H groups in total. The van der Waals surface area contributed by atoms with Crippen LogP contribution < -0.4 is 0 Å². The molecule has 0 aromatic heterocycles. The highest BCUT2D eigenvalue weighted by Crippen LogP contribution is 2.53. The van der Waals surface area contributed by atoms with E-state index in [1.54, 1.807) is 40.9 Å². The summed E-state index contributed by atoms with van der Waals surface area (Å²) in [6.45, 7) is 3.81. The molecule has 3 aliphatic heterocycles. The van der Waals surface area contributed by atoms with E-state index in [2.05, 4.69) is 15.9 Å². The molecule has 4 atom stereocenters. The van der Waals surface area contributed by atoms with Crippen molar-refractivity contribution in [1.29, 1.82) is 0 Å². The van der Waals surface area contributed by atoms with E-state index < -0.39 is 29.0 Å². The molecule has 3 aliphatic rings. The fourth-order valence-corrected chi connectivity index (χ4v) is 5.67. The molecular weight excluding hydrogens is 398 g/mol. The van der Waals surface area contributed by atoms with Crippen LogP contribution in [0.25, 0.3) is 0 Å². The number of cyclic esters (lactones) is 1. The zero-order valence-electron chi connectivity index (χ0n) is 12.9. The lowest BCUT2D eigenvalue weighted by molar-refractivity contribution is -0.179. The van der Waals surface area contributed by atoms with Gasteiger partial charge in [-0.2, -0.15) is 0 Å². The average Bonchev–Trinajstić information content (AvgIpc) is 3.00. The van der Waals surface area contributed by atoms with Gasteiger partial charge >= 0.3 is 11.9 Å². The third-order valence-corrected chi connectivity index (χ3v) is 7.29. The van der Waals surface area contributed by atoms with Gasteiger partial charge in [0, 0.05) is 10.3 Å². The summed E-state index contributed by atoms with van der Waals surface area (Å²) in [4.78, 5) is 38.0. The molecule has 0 spiro atoms. The predicted molar refractivity (Wildman–Crippen MR) is 89.5 cm³/mol. The minimum absolute atomic E-state index is 0.0801. The summed E-state index contributed by atoms with van der Waals surface area (Å²) in [7, 11) is 0. The van der Waals surface area contributed by atoms with Crippen LogP contribution >= 0.6 is 27.7 Å². The molecule has 1 aromatic carbocycles. The summed E-state index contributed by atoms with van der Waals surface area (Å²) < 4.78 is 10.1. The van der Waals surface area contributed by atoms with Gasteiger partial charge in [-0.25, -0.2) is 9.59 Å². The summed E-state index contributed by atoms with van der Waals surface area (Å²) in [6.07, 6.45) is -1.06. The van der Waals surface area contributed by atoms with Gasteiger partial charge in [0.15, 0.2) is 0 Å². The maximum Gasteiger partial charge on any atom is 0.342 e. The number of carbonyl (C=O) groups excluding carboxylic acids is 3. The average molecular weight is 412 g/mol. The SMILES string of the molecule is CC1(C)S[C@@H]2[C@@H](Br)C(=O)N2[C@H]1C(=O)OC1OC(=O)c2ccccc21. The van der Waals surface area contributed by atoms with Gasteiger partial charge in [-0.05, 0) is 19.9 Å². The molecule has 0 aliphatic carbocycles. The third-order valence-electron chi connectivity index (χ3n) is 4.47. The Morgan fingerprint density at radius 2 is 2.04 bits per heavy atom. The number of esters is 2. The topological polar surface area (TPSA) is 72.9 Å². The van der Waals surface area contributed by atoms with Crippen molar-refractivity contribution in [2.24, 2.45) is 0 Å². The van der Waals surface area contributed by atoms with E-state index in [-0.39, 0.29) is 16.1 Å². The number of thioether (sulfide) groups is 1. The van der Waals surface area contributed by atoms with Crippen LogP contribution in [0.3, 0.4) is 0 Å². The molecule has 1 unspecified atom stereocenters. The second kappa shape index (κ2) is 5.23. The molecular formula is C16H14BrNO5S. The number of β-lactam (4-membered cyclic amide) rings is 1. The largest absolute Gasteiger partial charge is 0.419 e. The second-order valence-corrected chi connectivity index (χ2v) is 9.18. The molecule has 0 saturated carbocycles. The van der Waals surface area contributed by atoms with Gasteiger partial charge in [0.25, 0.3) is 6.29 Å². The second-order valence-electron chi connectivity index (χ2n) is 6.42. The van der Waals surface area contributed by atoms with Crippen molar-refractivity contribution in [2.75, 3.05) is 0 Å². The molecule has 1 amide bonds. The van der Waals surface area contributed by atoms with E-state index in [0.29, 0.717) is 11.1 Å². The monoisotopic (exact) mass is 411 g/mol. The Hall–Kier alpha value is -1.54. The number of nitrogens with zero attached hydrogens (tertiary/aromatic N) is 1. The first-order chi connectivity index (χ1) is 11.3. The lowest BCUT2D eigenvalue weighted by Crippen LogP contribution is -2.63. The van der Waals surface area contributed by atoms with Gasteiger partial charge in [-0.1, -0.05) is 34.1 Å². The first-order valence-corrected chi connectivity index (χ1v) is 9.25. The van der Waals surface area contributed by atoms with Crippen LogP contribution in [0.1, 0.15) is 36.1 Å². The standard InChI is InChI=1S/C16H14BrNO5S/c1-16(2)10(18-11(19)9(17)12(18)24-16)14(21)23-15-8-6-4-3-5-7(8)13(20)22-15/h3-6,9-10,12,15H,1-2H3/t9-,10-,12+,15?/m0/s1. The van der Waals surface area contributed by atoms with Gasteiger partial charge < -0.3 is 14.4 Å². The Morgan fingerprint density at radius 3 is 2.79 bits per heavy atom. The van der Waals surface area contributed by atoms with E-state index >= 15 is 0 Å². The Labute approximate surface area is 151 Å². The highest BCUT2D eigenvalue weighted by atomic mass is 79.9. The van der Waals surface area contributed by atoms with Crippen LogP contribution in [0.15, 0.2) is 24.3 Å². The fraction of sp³-hybridized carbons (Fsp3) is 0.438. The fourth-order valence-electron chi connectivity index (χ4n) is 3.32. The molecule has 24 heavy (non-hydrogen) atoms. The maximum atomic E-state index is 12.7. The van der Waals surface area contributed by atoms with Crippen molar-refractivity contribution < 1.29 is 23.9 Å². The summed E-state index contributed by atoms with van der Waals surface area (Å²) >= 11 is 4.90. The molecule has 126 valence electrons. The molecule has 8 heteroatoms. The number of benzene rings is 1. The summed E-state index contributed by atoms with van der Waals surface area (Å²) in [5, 5.41) is -0.0801. The van der Waals surface area contributed by atoms with Gasteiger partial charge in [-0.3, -0.25) is 4.79 Å². The van der Waals surface area contributed by atoms with E-state index in [0.717, 1.165) is 0 Å². The van der Waals surface area contributed by atoms with Crippen molar-refractivity contribution in [2.45, 2.75) is 41.1 Å². The van der Waals surface area contributed by atoms with Gasteiger partial charge in [0.05, 0.1) is 5.56 Å². The lowest BCUT2D eigenvalue weighted by atomic mass is 9.98. The highest BCUT2D eigenvalue weighted by Gasteiger charge is 2.63. The van der Waals surface area contributed by atoms with Crippen molar-refractivity contribution in [3.8, 4) is 0 Å². The first-order valence-electron chi connectivity index (χ1n) is 7.46. The van der Waals surface area contributed by atoms with Crippen LogP contribution in [0, 0.1) is 0 Å². The van der Waals surface area contributed by atoms with Gasteiger partial charge in [-0.15, -0.1) is 11.8 Å². The van der Waals surface area contributed by atoms with Gasteiger partial charge in [0.1, 0.15) is 16.2 Å². The summed E-state index contributed by atoms with van der Waals surface area (Å²) in [5.41, 5.74) is 0.929. The number of ether oxygens (including phenoxy) is 2. The van der Waals surface area contributed by atoms with Crippen molar-refractivity contribution in [3.05, 3.63) is 35.4 Å². The van der Waals surface area contributed by atoms with Crippen molar-refractivity contribution in [1.82, 2.24) is 4.90 Å². The highest BCUT2D eigenvalue weighted by molar-refractivity contribution is 9.10. The minimum atomic E-state index is -1.06. The molecule has 6 nitrogen and oxygen atoms in total. The number of carbonyl (C=O) groups is 3. The minimum Gasteiger partial charge on any atom is -0.419 e. The smallest absolute Gasteiger partial charge is 0.342 e. The number of hydrogen-bond donors (Lipinski definition) is 0. The first kappa shape index (κ1) is 16.0. The zero-order chi connectivity index (χ0) is 17.2. The molecule has 0 bridgehead atoms. The molecule has 0 radical (unpaired) electrons. The Bertz CT molecular complexity index is 767. The zero-order valence-corrected chi connectivity index (χ0v) is 15.3. The Kier molecular flexibility index (Phi) is 3.47. The third kappa shape index (κ3) is 2.12. The van der Waals surface area contributed by atoms with Crippen LogP contribution in [0.5, 0.6) is 0 Å². The van der Waals surface area contributed by atoms with Crippen LogP contribution in [-0.2, 0) is 19.1 Å². The normalized spacial score (nSPS) is 32.7. The number of halogens is 1. The summed E-state index contributed by atoms with van der Waals surface area (Å²) in [5.74, 6) is -1.19. The molecule has 4 rings (SSSR count). The van der Waals surface area contributed by atoms with E-state index in [1.165, 1.54) is 0 Å². The maximum absolute atomic E-state index is 12.7. The predicted octanol–water partition coefficient (Wildman–Crippen LogP) is 2.22. The lowest BCUT2D eigenvalue weighted by Gasteiger charge is -2.41. The van der Waals surface area contributed by atoms with Gasteiger partial charge in [0.2, 0.25) is 5.91 Å². The number of amides is 1. The number of fused-ring (bicyclic) bond motifs is 2. The summed E-state index contributed by atoms with van der Waals surface area (Å²) in [6, 6.07) is 6.09. The molecule has 2 fully saturated rings. The van der Waals surface area contributed by atoms with E-state index in [9.17, 15) is 14.4 Å². The van der Waals surface area contributed by atoms with Crippen molar-refractivity contribution >= 4 is 45.5 Å². The number of rotatable bonds is 2. The number of alkyl halides is 1. The Morgan fingerprint density at radius 1 is 1.33 bits per heavy atom. The number of hydrogen-bond acceptors (Lipinski definition) is 6. The van der Waals surface area contributed by atoms with Crippen LogP contribution in [-0.4, -0.2) is 43.7 Å². The van der Waals surface area contributed by atoms with E-state index in [4.69, 9.17) is 9.47 Å². The molecule has 3 heterocycles. The van der Waals surface area contributed by atoms with E-state index in [1.807, 2.05) is 13.8 Å². The van der Waals surface area contributed by atoms with Crippen molar-refractivity contribution in [3.63, 3.8) is 0 Å². The molecule has 2 saturated heterocycles. The van der Waals surface area contributed by atoms with Crippen LogP contribution in [0.2, 0.25) is 0 Å².